The molecule has 2 N–H and O–H groups in total. The summed E-state index contributed by atoms with van der Waals surface area (Å²) in [5.41, 5.74) is 1.12. The highest BCUT2D eigenvalue weighted by atomic mass is 16.5. The van der Waals surface area contributed by atoms with Gasteiger partial charge in [0.05, 0.1) is 14.2 Å². The molecule has 1 aromatic carbocycles. The van der Waals surface area contributed by atoms with Crippen molar-refractivity contribution in [3.05, 3.63) is 18.2 Å². The molecule has 2 rings (SSSR count). The van der Waals surface area contributed by atoms with E-state index < -0.39 is 0 Å². The van der Waals surface area contributed by atoms with Gasteiger partial charge in [-0.05, 0) is 19.8 Å². The number of nitrogens with one attached hydrogen (secondary N) is 2. The highest BCUT2D eigenvalue weighted by molar-refractivity contribution is 5.80. The summed E-state index contributed by atoms with van der Waals surface area (Å²) in [6.07, 6.45) is 2.02. The first kappa shape index (κ1) is 20.2. The van der Waals surface area contributed by atoms with Gasteiger partial charge in [0.25, 0.3) is 0 Å². The van der Waals surface area contributed by atoms with Crippen molar-refractivity contribution >= 4 is 11.6 Å². The van der Waals surface area contributed by atoms with Crippen LogP contribution in [0.15, 0.2) is 23.2 Å². The minimum Gasteiger partial charge on any atom is -0.497 e. The summed E-state index contributed by atoms with van der Waals surface area (Å²) in [6.45, 7) is 6.29. The number of guanidine groups is 1. The fraction of sp³-hybridized carbons (Fsp3) is 0.632. The van der Waals surface area contributed by atoms with E-state index in [2.05, 4.69) is 20.5 Å². The average molecular weight is 364 g/mol. The Morgan fingerprint density at radius 1 is 1.23 bits per heavy atom. The van der Waals surface area contributed by atoms with Crippen LogP contribution in [0.1, 0.15) is 19.8 Å². The van der Waals surface area contributed by atoms with Crippen LogP contribution < -0.4 is 25.0 Å². The number of methoxy groups -OCH3 is 2. The normalized spacial score (nSPS) is 17.3. The summed E-state index contributed by atoms with van der Waals surface area (Å²) in [4.78, 5) is 6.66. The Labute approximate surface area is 156 Å². The largest absolute Gasteiger partial charge is 0.497 e. The molecular formula is C19H32N4O3. The zero-order chi connectivity index (χ0) is 18.8. The van der Waals surface area contributed by atoms with E-state index >= 15 is 0 Å². The van der Waals surface area contributed by atoms with Crippen molar-refractivity contribution in [2.75, 3.05) is 59.0 Å². The first-order valence-corrected chi connectivity index (χ1v) is 9.23. The molecule has 146 valence electrons. The Balaban J connectivity index is 1.85. The van der Waals surface area contributed by atoms with Crippen molar-refractivity contribution in [2.24, 2.45) is 4.99 Å². The van der Waals surface area contributed by atoms with Gasteiger partial charge in [0, 0.05) is 69.8 Å². The van der Waals surface area contributed by atoms with Gasteiger partial charge in [-0.15, -0.1) is 0 Å². The molecule has 1 unspecified atom stereocenters. The second-order valence-electron chi connectivity index (χ2n) is 6.20. The third kappa shape index (κ3) is 5.98. The molecule has 0 aliphatic carbocycles. The predicted molar refractivity (Wildman–Crippen MR) is 106 cm³/mol. The molecule has 26 heavy (non-hydrogen) atoms. The highest BCUT2D eigenvalue weighted by Gasteiger charge is 2.24. The van der Waals surface area contributed by atoms with Gasteiger partial charge >= 0.3 is 0 Å². The van der Waals surface area contributed by atoms with E-state index in [1.54, 1.807) is 21.3 Å². The summed E-state index contributed by atoms with van der Waals surface area (Å²) < 4.78 is 16.1. The summed E-state index contributed by atoms with van der Waals surface area (Å²) in [5, 5.41) is 6.85. The van der Waals surface area contributed by atoms with Crippen LogP contribution in [0.5, 0.6) is 11.5 Å². The molecule has 0 spiro atoms. The smallest absolute Gasteiger partial charge is 0.191 e. The van der Waals surface area contributed by atoms with Crippen molar-refractivity contribution in [1.82, 2.24) is 10.6 Å². The van der Waals surface area contributed by atoms with Crippen molar-refractivity contribution in [1.29, 1.82) is 0 Å². The van der Waals surface area contributed by atoms with E-state index in [1.165, 1.54) is 0 Å². The molecule has 0 bridgehead atoms. The van der Waals surface area contributed by atoms with Gasteiger partial charge in [0.15, 0.2) is 5.96 Å². The number of hydrogen-bond donors (Lipinski definition) is 2. The molecule has 0 amide bonds. The SMILES string of the molecule is CCOCCCNC(=NC)NC1CCN(c2cc(OC)cc(OC)c2)C1. The van der Waals surface area contributed by atoms with Crippen molar-refractivity contribution in [3.63, 3.8) is 0 Å². The quantitative estimate of drug-likeness (QED) is 0.396. The first-order valence-electron chi connectivity index (χ1n) is 9.23. The Bertz CT molecular complexity index is 558. The van der Waals surface area contributed by atoms with E-state index in [9.17, 15) is 0 Å². The lowest BCUT2D eigenvalue weighted by molar-refractivity contribution is 0.145. The highest BCUT2D eigenvalue weighted by Crippen LogP contribution is 2.30. The van der Waals surface area contributed by atoms with E-state index in [0.29, 0.717) is 6.04 Å². The molecular weight excluding hydrogens is 332 g/mol. The summed E-state index contributed by atoms with van der Waals surface area (Å²) in [5.74, 6) is 2.46. The summed E-state index contributed by atoms with van der Waals surface area (Å²) in [7, 11) is 5.15. The number of aliphatic imine (C=N–C) groups is 1. The average Bonchev–Trinajstić information content (AvgIpc) is 3.15. The minimum atomic E-state index is 0.352. The van der Waals surface area contributed by atoms with Gasteiger partial charge in [0.2, 0.25) is 0 Å². The van der Waals surface area contributed by atoms with Gasteiger partial charge in [0.1, 0.15) is 11.5 Å². The molecule has 1 aliphatic rings. The molecule has 1 fully saturated rings. The van der Waals surface area contributed by atoms with E-state index in [4.69, 9.17) is 14.2 Å². The maximum absolute atomic E-state index is 5.38. The monoisotopic (exact) mass is 364 g/mol. The Kier molecular flexibility index (Phi) is 8.34. The van der Waals surface area contributed by atoms with Crippen LogP contribution in [-0.2, 0) is 4.74 Å². The zero-order valence-electron chi connectivity index (χ0n) is 16.4. The molecule has 1 atom stereocenters. The predicted octanol–water partition coefficient (Wildman–Crippen LogP) is 1.87. The van der Waals surface area contributed by atoms with Crippen molar-refractivity contribution < 1.29 is 14.2 Å². The topological polar surface area (TPSA) is 67.4 Å². The lowest BCUT2D eigenvalue weighted by Gasteiger charge is -2.21. The van der Waals surface area contributed by atoms with E-state index in [0.717, 1.165) is 68.8 Å². The number of ether oxygens (including phenoxy) is 3. The van der Waals surface area contributed by atoms with Gasteiger partial charge in [-0.25, -0.2) is 0 Å². The fourth-order valence-corrected chi connectivity index (χ4v) is 3.00. The third-order valence-electron chi connectivity index (χ3n) is 4.42. The minimum absolute atomic E-state index is 0.352. The Morgan fingerprint density at radius 3 is 2.58 bits per heavy atom. The lowest BCUT2D eigenvalue weighted by atomic mass is 10.2. The fourth-order valence-electron chi connectivity index (χ4n) is 3.00. The second kappa shape index (κ2) is 10.8. The van der Waals surface area contributed by atoms with E-state index in [-0.39, 0.29) is 0 Å². The van der Waals surface area contributed by atoms with Gasteiger partial charge in [-0.2, -0.15) is 0 Å². The number of hydrogen-bond acceptors (Lipinski definition) is 5. The van der Waals surface area contributed by atoms with Crippen LogP contribution in [0.25, 0.3) is 0 Å². The molecule has 0 radical (unpaired) electrons. The van der Waals surface area contributed by atoms with Gasteiger partial charge in [-0.1, -0.05) is 0 Å². The van der Waals surface area contributed by atoms with Crippen LogP contribution in [-0.4, -0.2) is 66.1 Å². The van der Waals surface area contributed by atoms with E-state index in [1.807, 2.05) is 25.1 Å². The molecule has 0 aromatic heterocycles. The van der Waals surface area contributed by atoms with Crippen LogP contribution in [0, 0.1) is 0 Å². The Hall–Kier alpha value is -2.15. The van der Waals surface area contributed by atoms with Gasteiger partial charge < -0.3 is 29.7 Å². The maximum atomic E-state index is 5.38. The number of benzene rings is 1. The number of anilines is 1. The molecule has 0 saturated carbocycles. The molecule has 1 aliphatic heterocycles. The number of nitrogens with zero attached hydrogens (tertiary/aromatic N) is 2. The summed E-state index contributed by atoms with van der Waals surface area (Å²) in [6, 6.07) is 6.34. The van der Waals surface area contributed by atoms with Crippen molar-refractivity contribution in [2.45, 2.75) is 25.8 Å². The van der Waals surface area contributed by atoms with Crippen LogP contribution in [0.3, 0.4) is 0 Å². The second-order valence-corrected chi connectivity index (χ2v) is 6.20. The standard InChI is InChI=1S/C19H32N4O3/c1-5-26-10-6-8-21-19(20-2)22-15-7-9-23(14-15)16-11-17(24-3)13-18(12-16)25-4/h11-13,15H,5-10,14H2,1-4H3,(H2,20,21,22). The van der Waals surface area contributed by atoms with Crippen LogP contribution in [0.2, 0.25) is 0 Å². The molecule has 7 nitrogen and oxygen atoms in total. The van der Waals surface area contributed by atoms with Crippen molar-refractivity contribution in [3.8, 4) is 11.5 Å². The first-order chi connectivity index (χ1) is 12.7. The third-order valence-corrected chi connectivity index (χ3v) is 4.42. The zero-order valence-corrected chi connectivity index (χ0v) is 16.4. The molecule has 7 heteroatoms. The van der Waals surface area contributed by atoms with Crippen LogP contribution in [0.4, 0.5) is 5.69 Å². The molecule has 1 aromatic rings. The maximum Gasteiger partial charge on any atom is 0.191 e. The number of rotatable bonds is 9. The Morgan fingerprint density at radius 2 is 1.96 bits per heavy atom. The summed E-state index contributed by atoms with van der Waals surface area (Å²) >= 11 is 0. The molecule has 1 heterocycles. The molecule has 1 saturated heterocycles. The lowest BCUT2D eigenvalue weighted by Crippen LogP contribution is -2.45. The van der Waals surface area contributed by atoms with Gasteiger partial charge in [-0.3, -0.25) is 4.99 Å². The van der Waals surface area contributed by atoms with Crippen LogP contribution >= 0.6 is 0 Å².